The van der Waals surface area contributed by atoms with E-state index in [1.165, 1.54) is 11.1 Å². The van der Waals surface area contributed by atoms with Crippen LogP contribution in [0.3, 0.4) is 0 Å². The average molecular weight is 503 g/mol. The third-order valence-electron chi connectivity index (χ3n) is 6.64. The van der Waals surface area contributed by atoms with Crippen LogP contribution in [0.4, 0.5) is 0 Å². The van der Waals surface area contributed by atoms with E-state index in [2.05, 4.69) is 29.2 Å². The molecule has 5 rings (SSSR count). The molecule has 4 aromatic carbocycles. The van der Waals surface area contributed by atoms with E-state index in [1.54, 1.807) is 16.4 Å². The van der Waals surface area contributed by atoms with E-state index in [9.17, 15) is 8.42 Å². The summed E-state index contributed by atoms with van der Waals surface area (Å²) in [6.45, 7) is 2.59. The number of sulfonamides is 1. The van der Waals surface area contributed by atoms with Crippen LogP contribution in [0.2, 0.25) is 0 Å². The Hall–Kier alpha value is -2.64. The van der Waals surface area contributed by atoms with Gasteiger partial charge in [0.05, 0.1) is 4.90 Å². The van der Waals surface area contributed by atoms with Gasteiger partial charge in [0.2, 0.25) is 10.0 Å². The van der Waals surface area contributed by atoms with E-state index < -0.39 is 10.0 Å². The second kappa shape index (κ2) is 10.5. The summed E-state index contributed by atoms with van der Waals surface area (Å²) in [6.07, 6.45) is 0.732. The van der Waals surface area contributed by atoms with Gasteiger partial charge in [0.25, 0.3) is 0 Å². The lowest BCUT2D eigenvalue weighted by Gasteiger charge is -2.30. The van der Waals surface area contributed by atoms with Crippen molar-refractivity contribution in [2.24, 2.45) is 0 Å². The highest BCUT2D eigenvalue weighted by atomic mass is 32.2. The van der Waals surface area contributed by atoms with Crippen LogP contribution < -0.4 is 0 Å². The van der Waals surface area contributed by atoms with Crippen molar-refractivity contribution in [3.05, 3.63) is 114 Å². The molecule has 0 saturated carbocycles. The van der Waals surface area contributed by atoms with Crippen molar-refractivity contribution in [1.29, 1.82) is 0 Å². The zero-order valence-electron chi connectivity index (χ0n) is 19.6. The van der Waals surface area contributed by atoms with Crippen molar-refractivity contribution in [3.63, 3.8) is 0 Å². The largest absolute Gasteiger partial charge is 0.293 e. The molecule has 35 heavy (non-hydrogen) atoms. The molecule has 2 atom stereocenters. The van der Waals surface area contributed by atoms with E-state index in [-0.39, 0.29) is 11.3 Å². The molecule has 6 heteroatoms. The van der Waals surface area contributed by atoms with Crippen LogP contribution in [0, 0.1) is 0 Å². The Kier molecular flexibility index (Phi) is 7.25. The molecule has 0 bridgehead atoms. The van der Waals surface area contributed by atoms with Gasteiger partial charge in [0.1, 0.15) is 0 Å². The highest BCUT2D eigenvalue weighted by molar-refractivity contribution is 7.89. The van der Waals surface area contributed by atoms with Crippen LogP contribution in [0.25, 0.3) is 10.8 Å². The van der Waals surface area contributed by atoms with Crippen LogP contribution in [0.15, 0.2) is 108 Å². The predicted octanol–water partition coefficient (Wildman–Crippen LogP) is 5.60. The lowest BCUT2D eigenvalue weighted by Crippen LogP contribution is -2.43. The van der Waals surface area contributed by atoms with Gasteiger partial charge < -0.3 is 0 Å². The summed E-state index contributed by atoms with van der Waals surface area (Å²) >= 11 is 4.71. The number of hydrogen-bond acceptors (Lipinski definition) is 4. The molecule has 0 N–H and O–H groups in total. The molecule has 4 nitrogen and oxygen atoms in total. The first-order valence-corrected chi connectivity index (χ1v) is 13.9. The summed E-state index contributed by atoms with van der Waals surface area (Å²) in [4.78, 5) is 2.70. The highest BCUT2D eigenvalue weighted by Crippen LogP contribution is 2.31. The molecule has 1 fully saturated rings. The molecule has 180 valence electrons. The van der Waals surface area contributed by atoms with E-state index in [0.29, 0.717) is 18.0 Å². The Morgan fingerprint density at radius 1 is 0.771 bits per heavy atom. The number of rotatable bonds is 8. The van der Waals surface area contributed by atoms with Gasteiger partial charge in [-0.25, -0.2) is 8.42 Å². The van der Waals surface area contributed by atoms with Gasteiger partial charge in [0, 0.05) is 37.5 Å². The Bertz CT molecular complexity index is 1340. The first kappa shape index (κ1) is 24.1. The second-order valence-corrected chi connectivity index (χ2v) is 11.9. The third-order valence-corrected chi connectivity index (χ3v) is 8.93. The number of hydrogen-bond donors (Lipinski definition) is 1. The molecule has 0 amide bonds. The molecule has 1 aliphatic heterocycles. The third kappa shape index (κ3) is 5.62. The molecule has 0 unspecified atom stereocenters. The maximum atomic E-state index is 13.8. The first-order valence-electron chi connectivity index (χ1n) is 12.0. The summed E-state index contributed by atoms with van der Waals surface area (Å²) in [7, 11) is -3.65. The van der Waals surface area contributed by atoms with E-state index >= 15 is 0 Å². The van der Waals surface area contributed by atoms with Crippen LogP contribution in [-0.4, -0.2) is 42.0 Å². The predicted molar refractivity (Wildman–Crippen MR) is 146 cm³/mol. The van der Waals surface area contributed by atoms with E-state index in [0.717, 1.165) is 30.3 Å². The van der Waals surface area contributed by atoms with Gasteiger partial charge in [-0.2, -0.15) is 16.9 Å². The fraction of sp³-hybridized carbons (Fsp3) is 0.241. The van der Waals surface area contributed by atoms with Crippen molar-refractivity contribution in [1.82, 2.24) is 9.21 Å². The van der Waals surface area contributed by atoms with Crippen LogP contribution in [0.5, 0.6) is 0 Å². The number of nitrogens with zero attached hydrogens (tertiary/aromatic N) is 2. The van der Waals surface area contributed by atoms with Crippen molar-refractivity contribution in [3.8, 4) is 0 Å². The average Bonchev–Trinajstić information content (AvgIpc) is 3.25. The van der Waals surface area contributed by atoms with Gasteiger partial charge in [-0.1, -0.05) is 91.0 Å². The Balaban J connectivity index is 1.42. The lowest BCUT2D eigenvalue weighted by atomic mass is 10.1. The lowest BCUT2D eigenvalue weighted by molar-refractivity contribution is 0.205. The summed E-state index contributed by atoms with van der Waals surface area (Å²) in [5.74, 6) is 0. The molecule has 1 saturated heterocycles. The van der Waals surface area contributed by atoms with Crippen LogP contribution >= 0.6 is 12.6 Å². The van der Waals surface area contributed by atoms with Crippen molar-refractivity contribution in [2.45, 2.75) is 35.7 Å². The molecular formula is C29H30N2O2S2. The zero-order valence-corrected chi connectivity index (χ0v) is 21.3. The minimum Gasteiger partial charge on any atom is -0.293 e. The van der Waals surface area contributed by atoms with Gasteiger partial charge >= 0.3 is 0 Å². The molecular weight excluding hydrogens is 472 g/mol. The molecule has 0 spiro atoms. The van der Waals surface area contributed by atoms with Crippen molar-refractivity contribution >= 4 is 33.4 Å². The minimum atomic E-state index is -3.65. The Morgan fingerprint density at radius 2 is 1.34 bits per heavy atom. The highest BCUT2D eigenvalue weighted by Gasteiger charge is 2.39. The fourth-order valence-electron chi connectivity index (χ4n) is 4.95. The normalized spacial score (nSPS) is 18.9. The van der Waals surface area contributed by atoms with Crippen LogP contribution in [-0.2, 0) is 23.1 Å². The Labute approximate surface area is 213 Å². The molecule has 4 aromatic rings. The molecule has 0 radical (unpaired) electrons. The summed E-state index contributed by atoms with van der Waals surface area (Å²) in [6, 6.07) is 33.8. The van der Waals surface area contributed by atoms with E-state index in [4.69, 9.17) is 12.6 Å². The summed E-state index contributed by atoms with van der Waals surface area (Å²) < 4.78 is 29.3. The summed E-state index contributed by atoms with van der Waals surface area (Å²) in [5.41, 5.74) is 2.43. The van der Waals surface area contributed by atoms with E-state index in [1.807, 2.05) is 66.7 Å². The molecule has 0 aliphatic carbocycles. The molecule has 1 heterocycles. The number of benzene rings is 4. The fourth-order valence-corrected chi connectivity index (χ4v) is 7.19. The van der Waals surface area contributed by atoms with Crippen molar-refractivity contribution in [2.75, 3.05) is 13.1 Å². The molecule has 1 aliphatic rings. The Morgan fingerprint density at radius 3 is 1.97 bits per heavy atom. The van der Waals surface area contributed by atoms with Crippen LogP contribution in [0.1, 0.15) is 17.5 Å². The van der Waals surface area contributed by atoms with Gasteiger partial charge in [0.15, 0.2) is 0 Å². The first-order chi connectivity index (χ1) is 17.0. The maximum absolute atomic E-state index is 13.8. The second-order valence-electron chi connectivity index (χ2n) is 9.27. The minimum absolute atomic E-state index is 0.0190. The van der Waals surface area contributed by atoms with Gasteiger partial charge in [-0.15, -0.1) is 0 Å². The number of fused-ring (bicyclic) bond motifs is 1. The maximum Gasteiger partial charge on any atom is 0.243 e. The standard InChI is InChI=1S/C29H30N2O2S2/c32-35(33,29-16-15-25-13-7-8-14-26(25)17-29)31-22-28(34)18-27(31)21-30(19-23-9-3-1-4-10-23)20-24-11-5-2-6-12-24/h1-17,27-28,34H,18-22H2/t27-,28+/m0/s1. The molecule has 0 aromatic heterocycles. The topological polar surface area (TPSA) is 40.6 Å². The van der Waals surface area contributed by atoms with Crippen molar-refractivity contribution < 1.29 is 8.42 Å². The SMILES string of the molecule is O=S(=O)(c1ccc2ccccc2c1)N1C[C@H](S)C[C@H]1CN(Cc1ccccc1)Cc1ccccc1. The quantitative estimate of drug-likeness (QED) is 0.319. The zero-order chi connectivity index (χ0) is 24.3. The number of thiol groups is 1. The monoisotopic (exact) mass is 502 g/mol. The van der Waals surface area contributed by atoms with Gasteiger partial charge in [-0.05, 0) is 40.5 Å². The summed E-state index contributed by atoms with van der Waals surface area (Å²) in [5, 5.41) is 1.99. The smallest absolute Gasteiger partial charge is 0.243 e. The van der Waals surface area contributed by atoms with Gasteiger partial charge in [-0.3, -0.25) is 4.90 Å².